The highest BCUT2D eigenvalue weighted by Gasteiger charge is 2.22. The fourth-order valence-electron chi connectivity index (χ4n) is 1.77. The highest BCUT2D eigenvalue weighted by atomic mass is 32.2. The van der Waals surface area contributed by atoms with E-state index < -0.39 is 0 Å². The summed E-state index contributed by atoms with van der Waals surface area (Å²) in [6, 6.07) is 0. The van der Waals surface area contributed by atoms with Crippen LogP contribution in [0.4, 0.5) is 5.82 Å². The highest BCUT2D eigenvalue weighted by Crippen LogP contribution is 2.31. The largest absolute Gasteiger partial charge is 0.379 e. The van der Waals surface area contributed by atoms with E-state index in [1.807, 2.05) is 11.8 Å². The zero-order valence-electron chi connectivity index (χ0n) is 11.3. The number of ether oxygens (including phenoxy) is 1. The Morgan fingerprint density at radius 1 is 1.33 bits per heavy atom. The third-order valence-electron chi connectivity index (χ3n) is 2.85. The maximum atomic E-state index is 5.22. The fraction of sp³-hybridized carbons (Fsp3) is 0.692. The van der Waals surface area contributed by atoms with E-state index in [0.29, 0.717) is 5.25 Å². The molecule has 0 aliphatic carbocycles. The predicted octanol–water partition coefficient (Wildman–Crippen LogP) is 2.66. The van der Waals surface area contributed by atoms with Crippen molar-refractivity contribution >= 4 is 17.6 Å². The second-order valence-electron chi connectivity index (χ2n) is 4.48. The summed E-state index contributed by atoms with van der Waals surface area (Å²) in [6.07, 6.45) is 2.01. The van der Waals surface area contributed by atoms with Crippen LogP contribution >= 0.6 is 11.8 Å². The molecule has 0 saturated carbocycles. The summed E-state index contributed by atoms with van der Waals surface area (Å²) < 4.78 is 5.22. The molecular weight excluding hydrogens is 246 g/mol. The molecule has 2 heterocycles. The average Bonchev–Trinajstić information content (AvgIpc) is 2.29. The van der Waals surface area contributed by atoms with E-state index in [0.717, 1.165) is 54.8 Å². The van der Waals surface area contributed by atoms with Crippen LogP contribution in [0.15, 0.2) is 5.03 Å². The first-order valence-corrected chi connectivity index (χ1v) is 7.48. The van der Waals surface area contributed by atoms with Gasteiger partial charge >= 0.3 is 0 Å². The monoisotopic (exact) mass is 267 g/mol. The summed E-state index contributed by atoms with van der Waals surface area (Å²) >= 11 is 1.82. The molecule has 0 unspecified atom stereocenters. The van der Waals surface area contributed by atoms with Crippen LogP contribution in [0.25, 0.3) is 0 Å². The van der Waals surface area contributed by atoms with Gasteiger partial charge in [-0.1, -0.05) is 18.7 Å². The van der Waals surface area contributed by atoms with Crippen molar-refractivity contribution in [2.24, 2.45) is 0 Å². The molecule has 1 aliphatic rings. The number of thioether (sulfide) groups is 1. The summed E-state index contributed by atoms with van der Waals surface area (Å²) in [5.74, 6) is 1.93. The molecule has 100 valence electrons. The van der Waals surface area contributed by atoms with Crippen LogP contribution in [0.1, 0.15) is 31.7 Å². The van der Waals surface area contributed by atoms with E-state index in [-0.39, 0.29) is 0 Å². The maximum absolute atomic E-state index is 5.22. The first kappa shape index (κ1) is 13.6. The van der Waals surface area contributed by atoms with E-state index in [9.17, 15) is 0 Å². The summed E-state index contributed by atoms with van der Waals surface area (Å²) in [5.41, 5.74) is 1.16. The van der Waals surface area contributed by atoms with Crippen molar-refractivity contribution in [2.45, 2.75) is 43.9 Å². The van der Waals surface area contributed by atoms with Crippen molar-refractivity contribution < 1.29 is 4.74 Å². The zero-order valence-corrected chi connectivity index (χ0v) is 12.1. The summed E-state index contributed by atoms with van der Waals surface area (Å²) in [4.78, 5) is 9.28. The molecule has 4 nitrogen and oxygen atoms in total. The molecular formula is C13H21N3OS. The van der Waals surface area contributed by atoms with Crippen molar-refractivity contribution in [3.05, 3.63) is 11.4 Å². The number of rotatable bonds is 6. The van der Waals surface area contributed by atoms with Gasteiger partial charge in [0, 0.05) is 18.5 Å². The van der Waals surface area contributed by atoms with Gasteiger partial charge in [-0.05, 0) is 20.3 Å². The Balaban J connectivity index is 2.23. The number of hydrogen-bond donors (Lipinski definition) is 1. The van der Waals surface area contributed by atoms with Crippen LogP contribution in [-0.2, 0) is 11.2 Å². The Hall–Kier alpha value is -0.810. The molecule has 2 rings (SSSR count). The first-order valence-electron chi connectivity index (χ1n) is 6.60. The van der Waals surface area contributed by atoms with E-state index in [1.54, 1.807) is 0 Å². The predicted molar refractivity (Wildman–Crippen MR) is 75.4 cm³/mol. The molecule has 0 amide bonds. The molecule has 1 aliphatic heterocycles. The molecule has 1 N–H and O–H groups in total. The Morgan fingerprint density at radius 3 is 2.67 bits per heavy atom. The highest BCUT2D eigenvalue weighted by molar-refractivity contribution is 8.00. The van der Waals surface area contributed by atoms with Gasteiger partial charge in [-0.3, -0.25) is 0 Å². The lowest BCUT2D eigenvalue weighted by Crippen LogP contribution is -2.30. The molecule has 0 atom stereocenters. The minimum absolute atomic E-state index is 0.558. The molecule has 0 bridgehead atoms. The van der Waals surface area contributed by atoms with Crippen LogP contribution in [-0.4, -0.2) is 35.0 Å². The van der Waals surface area contributed by atoms with Crippen molar-refractivity contribution in [1.29, 1.82) is 0 Å². The van der Waals surface area contributed by atoms with Crippen molar-refractivity contribution in [3.63, 3.8) is 0 Å². The molecule has 0 radical (unpaired) electrons. The lowest BCUT2D eigenvalue weighted by atomic mass is 10.3. The first-order chi connectivity index (χ1) is 8.74. The van der Waals surface area contributed by atoms with Gasteiger partial charge < -0.3 is 10.1 Å². The molecule has 0 spiro atoms. The molecule has 0 aromatic carbocycles. The molecule has 1 aromatic rings. The SMILES string of the molecule is CCCc1nc(NCC)c(C)c(SC2COC2)n1. The number of nitrogens with one attached hydrogen (secondary N) is 1. The summed E-state index contributed by atoms with van der Waals surface area (Å²) in [6.45, 7) is 8.91. The Kier molecular flexibility index (Phi) is 4.83. The fourth-order valence-corrected chi connectivity index (χ4v) is 2.85. The summed E-state index contributed by atoms with van der Waals surface area (Å²) in [7, 11) is 0. The second kappa shape index (κ2) is 6.38. The van der Waals surface area contributed by atoms with E-state index in [4.69, 9.17) is 4.74 Å². The van der Waals surface area contributed by atoms with Crippen LogP contribution in [0.2, 0.25) is 0 Å². The molecule has 5 heteroatoms. The minimum Gasteiger partial charge on any atom is -0.379 e. The van der Waals surface area contributed by atoms with Gasteiger partial charge in [0.15, 0.2) is 0 Å². The molecule has 18 heavy (non-hydrogen) atoms. The molecule has 1 saturated heterocycles. The number of nitrogens with zero attached hydrogens (tertiary/aromatic N) is 2. The van der Waals surface area contributed by atoms with Gasteiger partial charge in [0.05, 0.1) is 18.5 Å². The topological polar surface area (TPSA) is 47.0 Å². The minimum atomic E-state index is 0.558. The van der Waals surface area contributed by atoms with Crippen LogP contribution in [0, 0.1) is 6.92 Å². The Morgan fingerprint density at radius 2 is 2.11 bits per heavy atom. The Labute approximate surface area is 113 Å². The molecule has 1 aromatic heterocycles. The van der Waals surface area contributed by atoms with Crippen molar-refractivity contribution in [2.75, 3.05) is 25.1 Å². The third kappa shape index (κ3) is 3.14. The quantitative estimate of drug-likeness (QED) is 0.803. The lowest BCUT2D eigenvalue weighted by molar-refractivity contribution is 0.0454. The zero-order chi connectivity index (χ0) is 13.0. The van der Waals surface area contributed by atoms with Gasteiger partial charge in [-0.25, -0.2) is 9.97 Å². The van der Waals surface area contributed by atoms with Crippen LogP contribution in [0.3, 0.4) is 0 Å². The van der Waals surface area contributed by atoms with Crippen molar-refractivity contribution in [1.82, 2.24) is 9.97 Å². The standard InChI is InChI=1S/C13H21N3OS/c1-4-6-11-15-12(14-5-2)9(3)13(16-11)18-10-7-17-8-10/h10H,4-8H2,1-3H3,(H,14,15,16). The van der Waals surface area contributed by atoms with E-state index in [2.05, 4.69) is 36.1 Å². The second-order valence-corrected chi connectivity index (χ2v) is 5.77. The Bertz CT molecular complexity index is 407. The van der Waals surface area contributed by atoms with Gasteiger partial charge in [-0.15, -0.1) is 0 Å². The molecule has 1 fully saturated rings. The van der Waals surface area contributed by atoms with Crippen LogP contribution < -0.4 is 5.32 Å². The maximum Gasteiger partial charge on any atom is 0.133 e. The normalized spacial score (nSPS) is 15.5. The van der Waals surface area contributed by atoms with Crippen LogP contribution in [0.5, 0.6) is 0 Å². The van der Waals surface area contributed by atoms with Gasteiger partial charge in [0.1, 0.15) is 16.7 Å². The summed E-state index contributed by atoms with van der Waals surface area (Å²) in [5, 5.41) is 5.00. The lowest BCUT2D eigenvalue weighted by Gasteiger charge is -2.25. The third-order valence-corrected chi connectivity index (χ3v) is 4.08. The van der Waals surface area contributed by atoms with Gasteiger partial charge in [-0.2, -0.15) is 0 Å². The number of aryl methyl sites for hydroxylation is 1. The van der Waals surface area contributed by atoms with E-state index >= 15 is 0 Å². The van der Waals surface area contributed by atoms with Gasteiger partial charge in [0.25, 0.3) is 0 Å². The number of aromatic nitrogens is 2. The number of anilines is 1. The van der Waals surface area contributed by atoms with E-state index in [1.165, 1.54) is 0 Å². The van der Waals surface area contributed by atoms with Gasteiger partial charge in [0.2, 0.25) is 0 Å². The smallest absolute Gasteiger partial charge is 0.133 e. The number of hydrogen-bond acceptors (Lipinski definition) is 5. The van der Waals surface area contributed by atoms with Crippen molar-refractivity contribution in [3.8, 4) is 0 Å². The average molecular weight is 267 g/mol.